The van der Waals surface area contributed by atoms with E-state index in [9.17, 15) is 29.7 Å². The van der Waals surface area contributed by atoms with Crippen LogP contribution in [0.4, 0.5) is 0 Å². The lowest BCUT2D eigenvalue weighted by molar-refractivity contribution is -0.159. The Morgan fingerprint density at radius 3 is 1.23 bits per heavy atom. The number of esters is 4. The zero-order valence-electron chi connectivity index (χ0n) is 62.7. The summed E-state index contributed by atoms with van der Waals surface area (Å²) in [7, 11) is 0. The number of aromatic nitrogens is 4. The van der Waals surface area contributed by atoms with Crippen molar-refractivity contribution in [2.24, 2.45) is 59.2 Å². The first kappa shape index (κ1) is 73.7. The average Bonchev–Trinajstić information content (AvgIpc) is 1.54. The molecule has 10 aromatic rings. The summed E-state index contributed by atoms with van der Waals surface area (Å²) >= 11 is 2.85. The van der Waals surface area contributed by atoms with Gasteiger partial charge in [-0.15, -0.1) is 22.7 Å². The van der Waals surface area contributed by atoms with Crippen molar-refractivity contribution < 1.29 is 38.1 Å². The Labute approximate surface area is 647 Å². The van der Waals surface area contributed by atoms with Gasteiger partial charge in [-0.25, -0.2) is 9.97 Å². The van der Waals surface area contributed by atoms with E-state index >= 15 is 0 Å². The number of rotatable bonds is 19. The van der Waals surface area contributed by atoms with E-state index in [1.165, 1.54) is 86.9 Å². The number of ether oxygens (including phenoxy) is 4. The molecule has 4 aromatic heterocycles. The third kappa shape index (κ3) is 15.9. The smallest absolute Gasteiger partial charge is 0.328 e. The number of fused-ring (bicyclic) bond motifs is 3. The number of hydrogen-bond acceptors (Lipinski definition) is 14. The maximum Gasteiger partial charge on any atom is 0.328 e. The number of thiazole rings is 2. The van der Waals surface area contributed by atoms with Crippen molar-refractivity contribution in [2.45, 2.75) is 193 Å². The number of nitrogens with one attached hydrogen (secondary N) is 1. The monoisotopic (exact) mass is 1490 g/mol. The Hall–Kier alpha value is -9.42. The number of para-hydroxylation sites is 2. The number of carbonyl (C=O) groups excluding carboxylic acids is 4. The van der Waals surface area contributed by atoms with Crippen molar-refractivity contribution in [1.29, 1.82) is 10.5 Å². The minimum absolute atomic E-state index is 0.0490. The lowest BCUT2D eigenvalue weighted by Gasteiger charge is -2.37. The number of aromatic amines is 1. The van der Waals surface area contributed by atoms with Crippen LogP contribution in [-0.2, 0) is 28.7 Å². The van der Waals surface area contributed by atoms with Gasteiger partial charge in [-0.05, 0) is 248 Å². The molecule has 4 heterocycles. The molecule has 0 saturated heterocycles. The summed E-state index contributed by atoms with van der Waals surface area (Å²) < 4.78 is 29.0. The highest BCUT2D eigenvalue weighted by Crippen LogP contribution is 2.46. The minimum Gasteiger partial charge on any atom is -0.462 e. The lowest BCUT2D eigenvalue weighted by Crippen LogP contribution is -2.53. The molecule has 0 radical (unpaired) electrons. The normalized spacial score (nSPS) is 25.1. The maximum absolute atomic E-state index is 14.4. The van der Waals surface area contributed by atoms with Gasteiger partial charge in [0.2, 0.25) is 0 Å². The number of nitrogens with zero attached hydrogens (tertiary/aromatic N) is 5. The predicted molar refractivity (Wildman–Crippen MR) is 433 cm³/mol. The van der Waals surface area contributed by atoms with Gasteiger partial charge < -0.3 is 28.4 Å². The molecule has 0 atom stereocenters. The average molecular weight is 1490 g/mol. The number of nitriles is 2. The minimum atomic E-state index is -0.609. The molecule has 0 unspecified atom stereocenters. The van der Waals surface area contributed by atoms with Crippen LogP contribution in [0.3, 0.4) is 0 Å². The highest BCUT2D eigenvalue weighted by molar-refractivity contribution is 7.20. The van der Waals surface area contributed by atoms with Crippen molar-refractivity contribution >= 4 is 107 Å². The van der Waals surface area contributed by atoms with Gasteiger partial charge in [0, 0.05) is 16.5 Å². The Kier molecular flexibility index (Phi) is 22.6. The molecule has 6 aliphatic carbocycles. The van der Waals surface area contributed by atoms with E-state index in [4.69, 9.17) is 28.9 Å². The molecule has 109 heavy (non-hydrogen) atoms. The van der Waals surface area contributed by atoms with Crippen molar-refractivity contribution in [3.8, 4) is 46.2 Å². The molecule has 0 aliphatic heterocycles. The summed E-state index contributed by atoms with van der Waals surface area (Å²) in [5.74, 6) is 3.86. The quantitative estimate of drug-likeness (QED) is 0.0457. The first-order chi connectivity index (χ1) is 53.4. The summed E-state index contributed by atoms with van der Waals surface area (Å²) in [6.07, 6.45) is 25.5. The lowest BCUT2D eigenvalue weighted by atomic mass is 9.50. The maximum atomic E-state index is 14.4. The molecule has 16 rings (SSSR count). The van der Waals surface area contributed by atoms with Gasteiger partial charge in [-0.2, -0.15) is 10.5 Å². The molecule has 6 saturated carbocycles. The van der Waals surface area contributed by atoms with E-state index in [0.29, 0.717) is 122 Å². The van der Waals surface area contributed by atoms with Gasteiger partial charge in [0.1, 0.15) is 57.0 Å². The second kappa shape index (κ2) is 33.4. The molecule has 0 amide bonds. The highest BCUT2D eigenvalue weighted by Gasteiger charge is 2.40. The fraction of sp³-hybridized carbons (Fsp3) is 0.435. The van der Waals surface area contributed by atoms with Crippen LogP contribution in [0.15, 0.2) is 158 Å². The van der Waals surface area contributed by atoms with Crippen molar-refractivity contribution in [3.05, 3.63) is 178 Å². The van der Waals surface area contributed by atoms with Crippen molar-refractivity contribution in [2.75, 3.05) is 0 Å². The second-order valence-electron chi connectivity index (χ2n) is 32.2. The van der Waals surface area contributed by atoms with E-state index < -0.39 is 6.85 Å². The van der Waals surface area contributed by atoms with Gasteiger partial charge in [-0.3, -0.25) is 19.2 Å². The first-order valence-corrected chi connectivity index (χ1v) is 42.3. The van der Waals surface area contributed by atoms with E-state index in [1.54, 1.807) is 12.1 Å². The van der Waals surface area contributed by atoms with Crippen LogP contribution < -0.4 is 31.1 Å². The van der Waals surface area contributed by atoms with Crippen molar-refractivity contribution in [1.82, 2.24) is 19.4 Å². The molecule has 6 aromatic carbocycles. The SMILES string of the molecule is CCC1CCC(C2CCC(C(=O)O[C@H]3CC[C@H](C(=O)Oc4ccc(-c5[nH]/c(=C(/C#N)c6nc7ccccc7s6)c6c(-c7ccc(OC(=O)[C@H]8CC[C@H](OC(=O)C9CCC(C%10CCC(CC)CC%10)CC9)CC8)cc7)n(B(c7ccccc7)c7ccccc7)/c(=C(/C#N)c7nc8ccccc8s7)c56)cc4)CC3)CC2)CC1. The standard InChI is InChI=1S/C92H97BN6O8S2/c1-3-57-23-27-59(28-24-57)61-31-35-65(36-32-61)89(100)106-73-51-43-67(44-52-73)91(102)104-71-47-39-63(40-48-71)83-81-82(84(98-83)75(55-94)87-96-77-19-11-13-21-79(77)108-87)85(99(93(69-15-7-5-8-16-69)70-17-9-6-10-18-70)86(81)76(56-95)88-97-78-20-12-14-22-80(78)109-88)64-41-49-72(50-42-64)105-92(103)68-45-53-74(54-46-68)107-90(101)66-37-33-62(34-38-66)60-29-25-58(4-2)26-30-60/h5-22,39-42,47-50,57-62,65-68,73-74,98H,3-4,23-38,43-46,51-54H2,1-2H3/b84-75-,86-76-/t57?,58?,59?,60?,61?,62?,65?,66?,67-,68-,73-,74-. The number of carbonyl (C=O) groups is 4. The predicted octanol–water partition coefficient (Wildman–Crippen LogP) is 18.7. The molecule has 558 valence electrons. The van der Waals surface area contributed by atoms with Crippen LogP contribution in [-0.4, -0.2) is 62.4 Å². The van der Waals surface area contributed by atoms with E-state index in [-0.39, 0.29) is 65.3 Å². The molecule has 0 spiro atoms. The van der Waals surface area contributed by atoms with E-state index in [0.717, 1.165) is 118 Å². The Bertz CT molecular complexity index is 5020. The van der Waals surface area contributed by atoms with Crippen molar-refractivity contribution in [3.63, 3.8) is 0 Å². The Morgan fingerprint density at radius 1 is 0.440 bits per heavy atom. The van der Waals surface area contributed by atoms with Crippen LogP contribution in [0.5, 0.6) is 11.5 Å². The molecule has 14 nitrogen and oxygen atoms in total. The molecule has 0 bridgehead atoms. The largest absolute Gasteiger partial charge is 0.462 e. The molecule has 6 fully saturated rings. The summed E-state index contributed by atoms with van der Waals surface area (Å²) in [5, 5.41) is 27.3. The fourth-order valence-corrected chi connectivity index (χ4v) is 21.5. The van der Waals surface area contributed by atoms with Gasteiger partial charge in [0.25, 0.3) is 0 Å². The van der Waals surface area contributed by atoms with Crippen LogP contribution in [0.2, 0.25) is 0 Å². The summed E-state index contributed by atoms with van der Waals surface area (Å²) in [6, 6.07) is 56.4. The zero-order valence-corrected chi connectivity index (χ0v) is 64.4. The van der Waals surface area contributed by atoms with Gasteiger partial charge in [-0.1, -0.05) is 148 Å². The number of benzene rings is 6. The van der Waals surface area contributed by atoms with Crippen LogP contribution in [0.25, 0.3) is 64.9 Å². The fourth-order valence-electron chi connectivity index (χ4n) is 19.6. The molecule has 1 N–H and O–H groups in total. The number of hydrogen-bond donors (Lipinski definition) is 1. The van der Waals surface area contributed by atoms with Gasteiger partial charge >= 0.3 is 30.7 Å². The third-order valence-corrected chi connectivity index (χ3v) is 28.0. The third-order valence-electron chi connectivity index (χ3n) is 25.9. The van der Waals surface area contributed by atoms with Crippen LogP contribution in [0, 0.1) is 81.8 Å². The number of H-pyrrole nitrogens is 1. The van der Waals surface area contributed by atoms with Gasteiger partial charge in [0.05, 0.1) is 60.5 Å². The van der Waals surface area contributed by atoms with Gasteiger partial charge in [0.15, 0.2) is 0 Å². The zero-order chi connectivity index (χ0) is 74.5. The summed E-state index contributed by atoms with van der Waals surface area (Å²) in [5.41, 5.74) is 6.54. The molecular formula is C92H97BN6O8S2. The summed E-state index contributed by atoms with van der Waals surface area (Å²) in [6.45, 7) is 4.02. The van der Waals surface area contributed by atoms with E-state index in [1.807, 2.05) is 121 Å². The topological polar surface area (TPSA) is 199 Å². The Morgan fingerprint density at radius 2 is 0.817 bits per heavy atom. The Balaban J connectivity index is 0.727. The molecule has 17 heteroatoms. The first-order valence-electron chi connectivity index (χ1n) is 40.7. The van der Waals surface area contributed by atoms with E-state index in [2.05, 4.69) is 59.7 Å². The second-order valence-corrected chi connectivity index (χ2v) is 34.2. The molecule has 6 aliphatic rings. The summed E-state index contributed by atoms with van der Waals surface area (Å²) in [4.78, 5) is 70.1. The highest BCUT2D eigenvalue weighted by atomic mass is 32.1. The molecular weight excluding hydrogens is 1390 g/mol. The van der Waals surface area contributed by atoms with Crippen LogP contribution >= 0.6 is 22.7 Å². The van der Waals surface area contributed by atoms with Crippen LogP contribution in [0.1, 0.15) is 191 Å².